The lowest BCUT2D eigenvalue weighted by molar-refractivity contribution is 0.172. The molecule has 5 rings (SSSR count). The Labute approximate surface area is 172 Å². The predicted octanol–water partition coefficient (Wildman–Crippen LogP) is 3.94. The molecule has 2 atom stereocenters. The maximum absolute atomic E-state index is 4.30. The van der Waals surface area contributed by atoms with Crippen LogP contribution in [0.1, 0.15) is 42.9 Å². The maximum atomic E-state index is 4.30. The highest BCUT2D eigenvalue weighted by Crippen LogP contribution is 2.42. The minimum atomic E-state index is 0.380. The molecule has 1 aromatic heterocycles. The van der Waals surface area contributed by atoms with E-state index in [0.29, 0.717) is 23.9 Å². The van der Waals surface area contributed by atoms with Gasteiger partial charge in [0.15, 0.2) is 0 Å². The van der Waals surface area contributed by atoms with Crippen molar-refractivity contribution in [1.29, 1.82) is 0 Å². The molecular weight excluding hydrogens is 358 g/mol. The molecular formula is C24H31N5. The Morgan fingerprint density at radius 2 is 1.93 bits per heavy atom. The van der Waals surface area contributed by atoms with Crippen LogP contribution < -0.4 is 10.6 Å². The number of aromatic amines is 1. The normalized spacial score (nSPS) is 22.6. The van der Waals surface area contributed by atoms with Crippen LogP contribution in [-0.2, 0) is 6.54 Å². The molecule has 0 spiro atoms. The number of rotatable bonds is 5. The molecule has 1 fully saturated rings. The number of nitrogens with one attached hydrogen (secondary N) is 3. The Bertz CT molecular complexity index is 986. The summed E-state index contributed by atoms with van der Waals surface area (Å²) in [5, 5.41) is 15.6. The molecule has 1 saturated heterocycles. The van der Waals surface area contributed by atoms with E-state index in [0.717, 1.165) is 25.2 Å². The fraction of sp³-hybridized carbons (Fsp3) is 0.458. The first-order chi connectivity index (χ1) is 14.1. The SMILES string of the molecule is CC(C)C[C@H]1[C@H](c2ccc(NC3CNC3)cc2)c2ccc3[nH]ncc3c2CN1C. The second-order valence-corrected chi connectivity index (χ2v) is 9.18. The van der Waals surface area contributed by atoms with E-state index in [4.69, 9.17) is 0 Å². The van der Waals surface area contributed by atoms with E-state index in [-0.39, 0.29) is 0 Å². The molecule has 2 aliphatic rings. The van der Waals surface area contributed by atoms with Gasteiger partial charge < -0.3 is 10.6 Å². The second-order valence-electron chi connectivity index (χ2n) is 9.18. The Morgan fingerprint density at radius 3 is 2.62 bits per heavy atom. The molecule has 5 heteroatoms. The average Bonchev–Trinajstić information content (AvgIpc) is 3.15. The Morgan fingerprint density at radius 1 is 1.14 bits per heavy atom. The van der Waals surface area contributed by atoms with E-state index in [1.807, 2.05) is 6.20 Å². The standard InChI is InChI=1S/C24H31N5/c1-15(2)10-23-24(16-4-6-17(7-5-16)27-18-11-25-12-18)19-8-9-22-20(13-26-28-22)21(19)14-29(23)3/h4-9,13,15,18,23-25,27H,10-12,14H2,1-3H3,(H,26,28)/t23-,24+/m0/s1. The molecule has 152 valence electrons. The fourth-order valence-electron chi connectivity index (χ4n) is 5.00. The van der Waals surface area contributed by atoms with Crippen LogP contribution in [0.5, 0.6) is 0 Å². The van der Waals surface area contributed by atoms with Crippen molar-refractivity contribution < 1.29 is 0 Å². The lowest BCUT2D eigenvalue weighted by Crippen LogP contribution is -2.51. The number of hydrogen-bond acceptors (Lipinski definition) is 4. The van der Waals surface area contributed by atoms with Gasteiger partial charge in [-0.2, -0.15) is 5.10 Å². The van der Waals surface area contributed by atoms with Crippen LogP contribution in [-0.4, -0.2) is 47.3 Å². The van der Waals surface area contributed by atoms with E-state index in [1.54, 1.807) is 0 Å². The minimum Gasteiger partial charge on any atom is -0.380 e. The molecule has 0 saturated carbocycles. The minimum absolute atomic E-state index is 0.380. The Kier molecular flexibility index (Phi) is 4.80. The summed E-state index contributed by atoms with van der Waals surface area (Å²) in [4.78, 5) is 2.55. The number of benzene rings is 2. The van der Waals surface area contributed by atoms with Crippen LogP contribution in [0, 0.1) is 5.92 Å². The van der Waals surface area contributed by atoms with Gasteiger partial charge in [-0.3, -0.25) is 10.00 Å². The third-order valence-corrected chi connectivity index (χ3v) is 6.60. The van der Waals surface area contributed by atoms with Crippen molar-refractivity contribution in [3.8, 4) is 0 Å². The van der Waals surface area contributed by atoms with Crippen LogP contribution in [0.3, 0.4) is 0 Å². The van der Waals surface area contributed by atoms with Gasteiger partial charge in [0.1, 0.15) is 0 Å². The summed E-state index contributed by atoms with van der Waals surface area (Å²) >= 11 is 0. The lowest BCUT2D eigenvalue weighted by Gasteiger charge is -2.42. The van der Waals surface area contributed by atoms with Gasteiger partial charge in [0.25, 0.3) is 0 Å². The summed E-state index contributed by atoms with van der Waals surface area (Å²) < 4.78 is 0. The molecule has 3 aromatic rings. The predicted molar refractivity (Wildman–Crippen MR) is 119 cm³/mol. The number of likely N-dealkylation sites (N-methyl/N-ethyl adjacent to an activating group) is 1. The number of anilines is 1. The van der Waals surface area contributed by atoms with Crippen molar-refractivity contribution in [3.05, 3.63) is 59.3 Å². The number of fused-ring (bicyclic) bond motifs is 3. The zero-order chi connectivity index (χ0) is 20.0. The maximum Gasteiger partial charge on any atom is 0.0653 e. The lowest BCUT2D eigenvalue weighted by atomic mass is 9.76. The molecule has 3 heterocycles. The Balaban J connectivity index is 1.55. The average molecular weight is 390 g/mol. The van der Waals surface area contributed by atoms with Crippen molar-refractivity contribution in [2.24, 2.45) is 5.92 Å². The van der Waals surface area contributed by atoms with Gasteiger partial charge in [0, 0.05) is 42.7 Å². The highest BCUT2D eigenvalue weighted by atomic mass is 15.1. The third kappa shape index (κ3) is 3.43. The summed E-state index contributed by atoms with van der Waals surface area (Å²) in [6.07, 6.45) is 3.18. The highest BCUT2D eigenvalue weighted by molar-refractivity contribution is 5.83. The summed E-state index contributed by atoms with van der Waals surface area (Å²) in [6.45, 7) is 7.76. The van der Waals surface area contributed by atoms with Gasteiger partial charge in [0.2, 0.25) is 0 Å². The topological polar surface area (TPSA) is 56.0 Å². The van der Waals surface area contributed by atoms with E-state index in [9.17, 15) is 0 Å². The van der Waals surface area contributed by atoms with E-state index in [1.165, 1.54) is 34.2 Å². The molecule has 2 aromatic carbocycles. The molecule has 0 radical (unpaired) electrons. The van der Waals surface area contributed by atoms with Crippen molar-refractivity contribution in [1.82, 2.24) is 20.4 Å². The molecule has 0 amide bonds. The fourth-order valence-corrected chi connectivity index (χ4v) is 5.00. The van der Waals surface area contributed by atoms with Crippen LogP contribution in [0.15, 0.2) is 42.6 Å². The highest BCUT2D eigenvalue weighted by Gasteiger charge is 2.35. The molecule has 29 heavy (non-hydrogen) atoms. The van der Waals surface area contributed by atoms with Crippen molar-refractivity contribution in [2.45, 2.75) is 44.8 Å². The zero-order valence-electron chi connectivity index (χ0n) is 17.6. The first-order valence-electron chi connectivity index (χ1n) is 10.8. The van der Waals surface area contributed by atoms with Gasteiger partial charge in [-0.05, 0) is 54.3 Å². The Hall–Kier alpha value is -2.37. The van der Waals surface area contributed by atoms with Crippen LogP contribution in [0.4, 0.5) is 5.69 Å². The van der Waals surface area contributed by atoms with Crippen LogP contribution in [0.25, 0.3) is 10.9 Å². The molecule has 0 aliphatic carbocycles. The third-order valence-electron chi connectivity index (χ3n) is 6.60. The van der Waals surface area contributed by atoms with E-state index < -0.39 is 0 Å². The van der Waals surface area contributed by atoms with Crippen molar-refractivity contribution in [3.63, 3.8) is 0 Å². The summed E-state index contributed by atoms with van der Waals surface area (Å²) in [5.41, 5.74) is 6.64. The summed E-state index contributed by atoms with van der Waals surface area (Å²) in [6, 6.07) is 14.8. The molecule has 5 nitrogen and oxygen atoms in total. The second kappa shape index (κ2) is 7.47. The molecule has 0 unspecified atom stereocenters. The molecule has 2 aliphatic heterocycles. The smallest absolute Gasteiger partial charge is 0.0653 e. The number of nitrogens with zero attached hydrogens (tertiary/aromatic N) is 2. The van der Waals surface area contributed by atoms with Gasteiger partial charge in [0.05, 0.1) is 17.8 Å². The van der Waals surface area contributed by atoms with Gasteiger partial charge in [-0.1, -0.05) is 32.0 Å². The van der Waals surface area contributed by atoms with Crippen molar-refractivity contribution in [2.75, 3.05) is 25.5 Å². The monoisotopic (exact) mass is 389 g/mol. The van der Waals surface area contributed by atoms with E-state index >= 15 is 0 Å². The van der Waals surface area contributed by atoms with Gasteiger partial charge in [-0.25, -0.2) is 0 Å². The number of hydrogen-bond donors (Lipinski definition) is 3. The largest absolute Gasteiger partial charge is 0.380 e. The first kappa shape index (κ1) is 18.6. The van der Waals surface area contributed by atoms with Crippen molar-refractivity contribution >= 4 is 16.6 Å². The number of aromatic nitrogens is 2. The van der Waals surface area contributed by atoms with Gasteiger partial charge >= 0.3 is 0 Å². The first-order valence-corrected chi connectivity index (χ1v) is 10.8. The van der Waals surface area contributed by atoms with E-state index in [2.05, 4.69) is 83.0 Å². The summed E-state index contributed by atoms with van der Waals surface area (Å²) in [5.74, 6) is 1.04. The molecule has 0 bridgehead atoms. The quantitative estimate of drug-likeness (QED) is 0.619. The zero-order valence-corrected chi connectivity index (χ0v) is 17.6. The molecule has 3 N–H and O–H groups in total. The number of H-pyrrole nitrogens is 1. The summed E-state index contributed by atoms with van der Waals surface area (Å²) in [7, 11) is 2.28. The van der Waals surface area contributed by atoms with Crippen LogP contribution >= 0.6 is 0 Å². The van der Waals surface area contributed by atoms with Crippen LogP contribution in [0.2, 0.25) is 0 Å². The van der Waals surface area contributed by atoms with Gasteiger partial charge in [-0.15, -0.1) is 0 Å².